The summed E-state index contributed by atoms with van der Waals surface area (Å²) < 4.78 is 0. The van der Waals surface area contributed by atoms with E-state index in [2.05, 4.69) is 20.3 Å². The van der Waals surface area contributed by atoms with Crippen LogP contribution in [-0.4, -0.2) is 21.7 Å². The molecule has 0 spiro atoms. The molecule has 1 aromatic heterocycles. The van der Waals surface area contributed by atoms with Crippen molar-refractivity contribution in [3.8, 4) is 11.4 Å². The van der Waals surface area contributed by atoms with E-state index in [9.17, 15) is 0 Å². The summed E-state index contributed by atoms with van der Waals surface area (Å²) in [4.78, 5) is 13.2. The van der Waals surface area contributed by atoms with Crippen molar-refractivity contribution in [2.24, 2.45) is 10.7 Å². The van der Waals surface area contributed by atoms with Gasteiger partial charge in [-0.15, -0.1) is 11.6 Å². The first kappa shape index (κ1) is 16.9. The van der Waals surface area contributed by atoms with Gasteiger partial charge in [0.1, 0.15) is 11.7 Å². The van der Waals surface area contributed by atoms with Crippen LogP contribution in [-0.2, 0) is 0 Å². The largest absolute Gasteiger partial charge is 0.386 e. The lowest BCUT2D eigenvalue weighted by atomic mass is 10.2. The molecule has 0 atom stereocenters. The van der Waals surface area contributed by atoms with Crippen LogP contribution in [0.3, 0.4) is 0 Å². The number of hydrogen-bond donors (Lipinski definition) is 2. The zero-order chi connectivity index (χ0) is 17.6. The van der Waals surface area contributed by atoms with Gasteiger partial charge in [-0.2, -0.15) is 0 Å². The minimum Gasteiger partial charge on any atom is -0.386 e. The number of amidine groups is 1. The fourth-order valence-corrected chi connectivity index (χ4v) is 2.39. The average molecular weight is 352 g/mol. The summed E-state index contributed by atoms with van der Waals surface area (Å²) in [7, 11) is 0. The van der Waals surface area contributed by atoms with E-state index < -0.39 is 0 Å². The molecule has 6 heteroatoms. The Labute approximate surface area is 151 Å². The van der Waals surface area contributed by atoms with Crippen molar-refractivity contribution in [1.82, 2.24) is 9.97 Å². The van der Waals surface area contributed by atoms with Crippen LogP contribution in [0.25, 0.3) is 11.4 Å². The quantitative estimate of drug-likeness (QED) is 0.405. The summed E-state index contributed by atoms with van der Waals surface area (Å²) in [6, 6.07) is 17.5. The fraction of sp³-hybridized carbons (Fsp3) is 0.105. The highest BCUT2D eigenvalue weighted by Gasteiger charge is 2.05. The van der Waals surface area contributed by atoms with Crippen LogP contribution in [0.4, 0.5) is 17.2 Å². The van der Waals surface area contributed by atoms with Crippen molar-refractivity contribution in [3.63, 3.8) is 0 Å². The average Bonchev–Trinajstić information content (AvgIpc) is 2.64. The van der Waals surface area contributed by atoms with Gasteiger partial charge in [0.05, 0.1) is 11.6 Å². The van der Waals surface area contributed by atoms with Gasteiger partial charge in [0.2, 0.25) is 0 Å². The van der Waals surface area contributed by atoms with Gasteiger partial charge < -0.3 is 11.1 Å². The minimum absolute atomic E-state index is 0.191. The first-order chi connectivity index (χ1) is 12.2. The zero-order valence-corrected chi connectivity index (χ0v) is 14.5. The van der Waals surface area contributed by atoms with Gasteiger partial charge in [-0.25, -0.2) is 15.0 Å². The lowest BCUT2D eigenvalue weighted by molar-refractivity contribution is 1.17. The molecule has 0 radical (unpaired) electrons. The van der Waals surface area contributed by atoms with E-state index >= 15 is 0 Å². The van der Waals surface area contributed by atoms with Gasteiger partial charge in [0.25, 0.3) is 0 Å². The smallest absolute Gasteiger partial charge is 0.161 e. The molecule has 0 amide bonds. The Morgan fingerprint density at radius 1 is 1.16 bits per heavy atom. The molecule has 2 aromatic carbocycles. The molecule has 0 unspecified atom stereocenters. The maximum absolute atomic E-state index is 5.69. The van der Waals surface area contributed by atoms with E-state index in [-0.39, 0.29) is 5.88 Å². The third kappa shape index (κ3) is 4.33. The Bertz CT molecular complexity index is 908. The number of aromatic nitrogens is 2. The van der Waals surface area contributed by atoms with Crippen molar-refractivity contribution in [3.05, 3.63) is 66.4 Å². The highest BCUT2D eigenvalue weighted by molar-refractivity contribution is 6.28. The number of para-hydroxylation sites is 1. The lowest BCUT2D eigenvalue weighted by Gasteiger charge is -2.09. The number of benzene rings is 2. The second-order valence-corrected chi connectivity index (χ2v) is 5.76. The number of aliphatic imine (C=N–C) groups is 1. The van der Waals surface area contributed by atoms with Crippen molar-refractivity contribution in [2.75, 3.05) is 11.2 Å². The number of rotatable bonds is 5. The number of alkyl halides is 1. The number of halogens is 1. The third-order valence-corrected chi connectivity index (χ3v) is 3.85. The molecule has 3 aromatic rings. The summed E-state index contributed by atoms with van der Waals surface area (Å²) in [6.07, 6.45) is 1.73. The monoisotopic (exact) mass is 351 g/mol. The van der Waals surface area contributed by atoms with E-state index in [1.807, 2.05) is 61.5 Å². The Hall–Kier alpha value is -2.92. The van der Waals surface area contributed by atoms with Crippen LogP contribution in [0, 0.1) is 6.92 Å². The highest BCUT2D eigenvalue weighted by atomic mass is 35.5. The molecular formula is C19H18ClN5. The van der Waals surface area contributed by atoms with Gasteiger partial charge in [0.15, 0.2) is 5.82 Å². The van der Waals surface area contributed by atoms with Crippen LogP contribution in [0.15, 0.2) is 65.8 Å². The summed E-state index contributed by atoms with van der Waals surface area (Å²) in [5.74, 6) is 1.90. The highest BCUT2D eigenvalue weighted by Crippen LogP contribution is 2.24. The number of anilines is 2. The molecule has 126 valence electrons. The second-order valence-electron chi connectivity index (χ2n) is 5.49. The van der Waals surface area contributed by atoms with Crippen molar-refractivity contribution in [1.29, 1.82) is 0 Å². The van der Waals surface area contributed by atoms with E-state index in [1.165, 1.54) is 0 Å². The van der Waals surface area contributed by atoms with Crippen LogP contribution < -0.4 is 11.1 Å². The third-order valence-electron chi connectivity index (χ3n) is 3.58. The first-order valence-corrected chi connectivity index (χ1v) is 8.34. The standard InChI is InChI=1S/C19H18ClN5/c1-13-5-2-3-8-16(13)24-18-9-10-22-19(25-18)14-6-4-7-15(11-14)23-17(21)12-20/h2-11H,12H2,1H3,(H2,21,23)(H,22,24,25). The number of hydrogen-bond acceptors (Lipinski definition) is 4. The second kappa shape index (κ2) is 7.77. The van der Waals surface area contributed by atoms with E-state index in [1.54, 1.807) is 6.20 Å². The molecular weight excluding hydrogens is 334 g/mol. The molecule has 0 aliphatic rings. The molecule has 5 nitrogen and oxygen atoms in total. The molecule has 0 bridgehead atoms. The Kier molecular flexibility index (Phi) is 5.26. The van der Waals surface area contributed by atoms with Crippen molar-refractivity contribution in [2.45, 2.75) is 6.92 Å². The van der Waals surface area contributed by atoms with Crippen LogP contribution in [0.2, 0.25) is 0 Å². The number of nitrogens with zero attached hydrogens (tertiary/aromatic N) is 3. The predicted molar refractivity (Wildman–Crippen MR) is 104 cm³/mol. The van der Waals surface area contributed by atoms with Crippen LogP contribution in [0.1, 0.15) is 5.56 Å². The summed E-state index contributed by atoms with van der Waals surface area (Å²) in [6.45, 7) is 2.05. The lowest BCUT2D eigenvalue weighted by Crippen LogP contribution is -2.12. The normalized spacial score (nSPS) is 11.4. The van der Waals surface area contributed by atoms with E-state index in [0.29, 0.717) is 11.7 Å². The fourth-order valence-electron chi connectivity index (χ4n) is 2.33. The molecule has 1 heterocycles. The van der Waals surface area contributed by atoms with Gasteiger partial charge in [-0.1, -0.05) is 30.3 Å². The summed E-state index contributed by atoms with van der Waals surface area (Å²) in [5.41, 5.74) is 9.44. The number of aryl methyl sites for hydroxylation is 1. The van der Waals surface area contributed by atoms with Crippen molar-refractivity contribution >= 4 is 34.6 Å². The predicted octanol–water partition coefficient (Wildman–Crippen LogP) is 4.42. The SMILES string of the molecule is Cc1ccccc1Nc1ccnc(-c2cccc(N=C(N)CCl)c2)n1. The van der Waals surface area contributed by atoms with E-state index in [0.717, 1.165) is 28.3 Å². The van der Waals surface area contributed by atoms with Gasteiger partial charge in [-0.3, -0.25) is 0 Å². The molecule has 0 aliphatic carbocycles. The summed E-state index contributed by atoms with van der Waals surface area (Å²) in [5, 5.41) is 3.32. The summed E-state index contributed by atoms with van der Waals surface area (Å²) >= 11 is 5.68. The maximum Gasteiger partial charge on any atom is 0.161 e. The molecule has 0 fully saturated rings. The van der Waals surface area contributed by atoms with Crippen LogP contribution >= 0.6 is 11.6 Å². The Morgan fingerprint density at radius 2 is 2.00 bits per heavy atom. The molecule has 3 N–H and O–H groups in total. The molecule has 0 aliphatic heterocycles. The topological polar surface area (TPSA) is 76.2 Å². The van der Waals surface area contributed by atoms with Gasteiger partial charge in [-0.05, 0) is 36.8 Å². The Balaban J connectivity index is 1.89. The zero-order valence-electron chi connectivity index (χ0n) is 13.8. The maximum atomic E-state index is 5.69. The number of nitrogens with one attached hydrogen (secondary N) is 1. The van der Waals surface area contributed by atoms with Crippen molar-refractivity contribution < 1.29 is 0 Å². The molecule has 0 saturated carbocycles. The van der Waals surface area contributed by atoms with Crippen LogP contribution in [0.5, 0.6) is 0 Å². The van der Waals surface area contributed by atoms with Gasteiger partial charge in [0, 0.05) is 17.4 Å². The molecule has 25 heavy (non-hydrogen) atoms. The van der Waals surface area contributed by atoms with E-state index in [4.69, 9.17) is 17.3 Å². The Morgan fingerprint density at radius 3 is 2.80 bits per heavy atom. The first-order valence-electron chi connectivity index (χ1n) is 7.81. The van der Waals surface area contributed by atoms with Gasteiger partial charge >= 0.3 is 0 Å². The molecule has 3 rings (SSSR count). The number of nitrogens with two attached hydrogens (primary N) is 1. The molecule has 0 saturated heterocycles. The minimum atomic E-state index is 0.191.